The molecular formula is C92H95Cl4F2N11O12S. The summed E-state index contributed by atoms with van der Waals surface area (Å²) in [5, 5.41) is 22.2. The van der Waals surface area contributed by atoms with Gasteiger partial charge in [-0.15, -0.1) is 11.3 Å². The lowest BCUT2D eigenvalue weighted by molar-refractivity contribution is -0.164. The van der Waals surface area contributed by atoms with E-state index in [0.29, 0.717) is 68.9 Å². The molecule has 1 unspecified atom stereocenters. The van der Waals surface area contributed by atoms with Gasteiger partial charge in [-0.2, -0.15) is 4.98 Å². The molecule has 13 fully saturated rings. The number of aromatic nitrogens is 6. The molecule has 0 aliphatic heterocycles. The van der Waals surface area contributed by atoms with Crippen molar-refractivity contribution in [3.05, 3.63) is 221 Å². The van der Waals surface area contributed by atoms with Crippen LogP contribution in [-0.4, -0.2) is 125 Å². The van der Waals surface area contributed by atoms with Gasteiger partial charge in [0.2, 0.25) is 5.82 Å². The fourth-order valence-electron chi connectivity index (χ4n) is 19.5. The van der Waals surface area contributed by atoms with E-state index in [-0.39, 0.29) is 139 Å². The van der Waals surface area contributed by atoms with Gasteiger partial charge in [0.05, 0.1) is 31.3 Å². The van der Waals surface area contributed by atoms with E-state index in [1.807, 2.05) is 76.2 Å². The van der Waals surface area contributed by atoms with E-state index in [1.54, 1.807) is 55.8 Å². The van der Waals surface area contributed by atoms with Gasteiger partial charge in [0.1, 0.15) is 59.2 Å². The largest absolute Gasteiger partial charge is 0.486 e. The first-order valence-corrected chi connectivity index (χ1v) is 43.3. The van der Waals surface area contributed by atoms with Crippen LogP contribution in [0.5, 0.6) is 23.0 Å². The van der Waals surface area contributed by atoms with Crippen LogP contribution < -0.4 is 45.5 Å². The zero-order valence-electron chi connectivity index (χ0n) is 68.5. The molecule has 5 aromatic carbocycles. The number of rotatable bonds is 30. The molecule has 4 aromatic heterocycles. The quantitative estimate of drug-likeness (QED) is 0.0261. The Morgan fingerprint density at radius 2 is 1.08 bits per heavy atom. The summed E-state index contributed by atoms with van der Waals surface area (Å²) < 4.78 is 54.3. The number of hydrogen-bond acceptors (Lipinski definition) is 20. The lowest BCUT2D eigenvalue weighted by Gasteiger charge is -2.70. The highest BCUT2D eigenvalue weighted by Crippen LogP contribution is 2.71. The number of carbonyl (C=O) groups is 7. The summed E-state index contributed by atoms with van der Waals surface area (Å²) in [7, 11) is 0. The number of ketones is 3. The third kappa shape index (κ3) is 20.3. The first-order valence-electron chi connectivity index (χ1n) is 41.0. The number of Topliss-reactive ketones (excluding diaryl/α,β-unsaturated/α-hetero) is 3. The van der Waals surface area contributed by atoms with E-state index in [2.05, 4.69) is 75.7 Å². The number of ether oxygens (including phenoxy) is 4. The van der Waals surface area contributed by atoms with Gasteiger partial charge in [0, 0.05) is 93.3 Å². The Kier molecular flexibility index (Phi) is 25.0. The minimum Gasteiger partial charge on any atom is -0.486 e. The van der Waals surface area contributed by atoms with Gasteiger partial charge in [0.25, 0.3) is 23.6 Å². The predicted octanol–water partition coefficient (Wildman–Crippen LogP) is 18.1. The number of anilines is 1. The molecule has 13 aliphatic rings. The van der Waals surface area contributed by atoms with Gasteiger partial charge in [0.15, 0.2) is 30.6 Å². The number of amides is 4. The third-order valence-electron chi connectivity index (χ3n) is 25.1. The molecule has 22 rings (SSSR count). The van der Waals surface area contributed by atoms with Gasteiger partial charge in [-0.1, -0.05) is 94.4 Å². The number of halogens is 6. The second-order valence-corrected chi connectivity index (χ2v) is 38.3. The highest BCUT2D eigenvalue weighted by atomic mass is 35.5. The van der Waals surface area contributed by atoms with Crippen LogP contribution >= 0.6 is 57.7 Å². The Bertz CT molecular complexity index is 5470. The molecule has 30 heteroatoms. The van der Waals surface area contributed by atoms with Gasteiger partial charge in [-0.05, 0) is 261 Å². The van der Waals surface area contributed by atoms with Crippen LogP contribution in [0.4, 0.5) is 14.8 Å². The van der Waals surface area contributed by atoms with E-state index in [4.69, 9.17) is 69.9 Å². The highest BCUT2D eigenvalue weighted by molar-refractivity contribution is 7.13. The topological polar surface area (TPSA) is 307 Å². The second kappa shape index (κ2) is 35.2. The number of aryl methyl sites for hydroxylation is 5. The lowest BCUT2D eigenvalue weighted by atomic mass is 9.38. The summed E-state index contributed by atoms with van der Waals surface area (Å²) in [5.41, 5.74) is 5.24. The standard InChI is InChI=1S/C26H27ClN2O3.C24H28ClFN4O3.C23H22ClN3O3.C19H18ClFN2O3S/c1-17-10-21(7-8-22(17)27)32-13-20(30)11-25-14-26(15-25,16-25)29-24(31)23-9-6-19(12-28-23)5-4-18-2-3-18;1-14-11-23(30-22(32)21-16(3)28-15(2)12-27-21)6-8-24(14,9-7-23)29-20(31)13-33-17-4-5-18(25)19(26)10-17;1-15-2-8-19(9-3-15)29-11-18(28)10-22-12-23(13-22,14-22)26-21-25-20(27-30-21)16-4-6-17(24)7-5-16;1-11-22-6-16(27-11)15(24)5-18-8-19(9-18,10-18)23-17(25)7-26-12-2-3-13(20)14(21)4-12/h4-10,12,18H,2-3,11,13-16H2,1H3,(H,29,31);4-5,10,12,14H,6-9,11,13H2,1-3H3,(H,29,31)(H,30,32);2-9H,10-14H2,1H3,(H,25,26,27);2-4,6H,5,7-10H2,1H3,(H,23,25)/b5-4+;;;. The van der Waals surface area contributed by atoms with Crippen molar-refractivity contribution in [3.63, 3.8) is 0 Å². The number of nitrogens with one attached hydrogen (secondary N) is 5. The van der Waals surface area contributed by atoms with Gasteiger partial charge >= 0.3 is 6.01 Å². The lowest BCUT2D eigenvalue weighted by Crippen LogP contribution is -2.75. The fourth-order valence-corrected chi connectivity index (χ4v) is 20.6. The number of fused-ring (bicyclic) bond motifs is 3. The van der Waals surface area contributed by atoms with Crippen LogP contribution in [0, 0.1) is 74.3 Å². The highest BCUT2D eigenvalue weighted by Gasteiger charge is 2.70. The summed E-state index contributed by atoms with van der Waals surface area (Å²) in [6, 6.07) is 32.7. The number of thiazole rings is 1. The van der Waals surface area contributed by atoms with Gasteiger partial charge in [-0.25, -0.2) is 18.7 Å². The number of allylic oxidation sites excluding steroid dienone is 1. The van der Waals surface area contributed by atoms with E-state index >= 15 is 0 Å². The number of pyridine rings is 1. The molecule has 9 aromatic rings. The second-order valence-electron chi connectivity index (χ2n) is 35.5. The van der Waals surface area contributed by atoms with Gasteiger partial charge < -0.3 is 50.1 Å². The van der Waals surface area contributed by atoms with Crippen LogP contribution in [-0.2, 0) is 19.2 Å². The van der Waals surface area contributed by atoms with Crippen molar-refractivity contribution in [3.8, 4) is 34.4 Å². The fraction of sp³-hybridized carbons (Fsp3) is 0.424. The summed E-state index contributed by atoms with van der Waals surface area (Å²) in [6.07, 6.45) is 25.0. The molecule has 5 N–H and O–H groups in total. The first-order chi connectivity index (χ1) is 58.2. The Labute approximate surface area is 729 Å². The molecule has 8 bridgehead atoms. The van der Waals surface area contributed by atoms with Crippen LogP contribution in [0.2, 0.25) is 20.1 Å². The van der Waals surface area contributed by atoms with Crippen molar-refractivity contribution in [2.45, 2.75) is 191 Å². The monoisotopic (exact) mass is 1760 g/mol. The molecule has 0 saturated heterocycles. The molecule has 4 heterocycles. The average Bonchev–Trinajstić information content (AvgIpc) is 0.888. The summed E-state index contributed by atoms with van der Waals surface area (Å²) >= 11 is 24.7. The molecule has 0 spiro atoms. The van der Waals surface area contributed by atoms with Crippen molar-refractivity contribution in [1.82, 2.24) is 51.3 Å². The molecule has 13 saturated carbocycles. The Morgan fingerprint density at radius 1 is 0.541 bits per heavy atom. The van der Waals surface area contributed by atoms with Crippen molar-refractivity contribution >= 4 is 111 Å². The average molecular weight is 1760 g/mol. The Morgan fingerprint density at radius 3 is 1.63 bits per heavy atom. The molecule has 1 atom stereocenters. The summed E-state index contributed by atoms with van der Waals surface area (Å²) in [5.74, 6) is 1.67. The normalized spacial score (nSPS) is 25.3. The summed E-state index contributed by atoms with van der Waals surface area (Å²) in [4.78, 5) is 110. The Hall–Kier alpha value is -10.3. The van der Waals surface area contributed by atoms with Crippen LogP contribution in [0.15, 0.2) is 144 Å². The van der Waals surface area contributed by atoms with Crippen molar-refractivity contribution in [1.29, 1.82) is 0 Å². The number of nitrogens with zero attached hydrogens (tertiary/aromatic N) is 6. The van der Waals surface area contributed by atoms with Crippen molar-refractivity contribution in [2.75, 3.05) is 31.7 Å². The minimum absolute atomic E-state index is 0.00378. The molecule has 13 aliphatic carbocycles. The van der Waals surface area contributed by atoms with Gasteiger partial charge in [-0.3, -0.25) is 43.5 Å². The van der Waals surface area contributed by atoms with Crippen LogP contribution in [0.1, 0.15) is 193 Å². The first kappa shape index (κ1) is 86.7. The van der Waals surface area contributed by atoms with E-state index in [1.165, 1.54) is 54.0 Å². The zero-order valence-corrected chi connectivity index (χ0v) is 72.4. The SMILES string of the molecule is Cc1cc(OCC(=O)CC23CC(NC(=O)c4ccc(/C=C/C5CC5)cn4)(C2)C3)ccc1Cl.Cc1ccc(OCC(=O)CC23CC(Nc4nc(-c5ccc(Cl)cc5)no4)(C2)C3)cc1.Cc1cnc(C(=O)NC23CCC(NC(=O)COc4ccc(Cl)c(F)c4)(CC2)C(C)C3)c(C)n1.Cc1ncc(C(=O)CC23CC(NC(=O)COc4ccc(Cl)c(F)c4)(C2)C3)s1. The Balaban J connectivity index is 0.000000127. The summed E-state index contributed by atoms with van der Waals surface area (Å²) in [6.45, 7) is 11.3. The maximum Gasteiger partial charge on any atom is 0.322 e. The molecule has 0 radical (unpaired) electrons. The molecule has 122 heavy (non-hydrogen) atoms. The van der Waals surface area contributed by atoms with Crippen LogP contribution in [0.3, 0.4) is 0 Å². The minimum atomic E-state index is -0.591. The van der Waals surface area contributed by atoms with E-state index < -0.39 is 11.6 Å². The van der Waals surface area contributed by atoms with E-state index in [9.17, 15) is 42.3 Å². The molecule has 4 amide bonds. The molecule has 638 valence electrons. The van der Waals surface area contributed by atoms with E-state index in [0.717, 1.165) is 141 Å². The van der Waals surface area contributed by atoms with Crippen molar-refractivity contribution in [2.24, 2.45) is 28.1 Å². The molecule has 23 nitrogen and oxygen atoms in total. The van der Waals surface area contributed by atoms with Crippen molar-refractivity contribution < 1.29 is 65.8 Å². The maximum absolute atomic E-state index is 13.6. The number of hydrogen-bond donors (Lipinski definition) is 5. The third-order valence-corrected chi connectivity index (χ3v) is 27.4. The number of carbonyl (C=O) groups excluding carboxylic acids is 7. The maximum atomic E-state index is 13.6. The predicted molar refractivity (Wildman–Crippen MR) is 459 cm³/mol. The number of benzene rings is 5. The zero-order chi connectivity index (χ0) is 86.2. The smallest absolute Gasteiger partial charge is 0.322 e. The van der Waals surface area contributed by atoms with Crippen LogP contribution in [0.25, 0.3) is 17.5 Å². The molecular weight excluding hydrogens is 1660 g/mol.